The van der Waals surface area contributed by atoms with Crippen LogP contribution in [-0.4, -0.2) is 39.2 Å². The van der Waals surface area contributed by atoms with Gasteiger partial charge >= 0.3 is 0 Å². The van der Waals surface area contributed by atoms with E-state index in [1.54, 1.807) is 54.2 Å². The van der Waals surface area contributed by atoms with E-state index in [1.807, 2.05) is 4.90 Å². The van der Waals surface area contributed by atoms with Crippen molar-refractivity contribution in [1.82, 2.24) is 4.90 Å². The number of ketones is 1. The van der Waals surface area contributed by atoms with Crippen LogP contribution in [-0.2, 0) is 10.3 Å². The van der Waals surface area contributed by atoms with Crippen LogP contribution in [0.25, 0.3) is 0 Å². The Kier molecular flexibility index (Phi) is 5.01. The number of nitro benzene ring substituents is 1. The topological polar surface area (TPSA) is 92.5 Å². The molecule has 2 saturated heterocycles. The number of rotatable bonds is 4. The SMILES string of the molecule is O=C(c1ccccc1)[C@@H]1[C@H](c2cccc([N+](=O)[O-])c2)[C@H]2CSCN2[C@]12C(=O)Nc1ccc(F)cc12. The summed E-state index contributed by atoms with van der Waals surface area (Å²) in [6.07, 6.45) is 0. The highest BCUT2D eigenvalue weighted by Crippen LogP contribution is 2.61. The number of halogens is 1. The van der Waals surface area contributed by atoms with Crippen molar-refractivity contribution in [1.29, 1.82) is 0 Å². The monoisotopic (exact) mass is 489 g/mol. The third-order valence-corrected chi connectivity index (χ3v) is 8.43. The molecule has 176 valence electrons. The number of anilines is 1. The van der Waals surface area contributed by atoms with E-state index < -0.39 is 28.1 Å². The summed E-state index contributed by atoms with van der Waals surface area (Å²) in [6.45, 7) is 0. The van der Waals surface area contributed by atoms with Crippen molar-refractivity contribution in [3.63, 3.8) is 0 Å². The number of carbonyl (C=O) groups excluding carboxylic acids is 2. The molecule has 35 heavy (non-hydrogen) atoms. The van der Waals surface area contributed by atoms with Gasteiger partial charge in [-0.2, -0.15) is 0 Å². The molecule has 3 aliphatic rings. The van der Waals surface area contributed by atoms with Gasteiger partial charge in [0.05, 0.1) is 10.8 Å². The zero-order valence-electron chi connectivity index (χ0n) is 18.4. The molecule has 3 heterocycles. The van der Waals surface area contributed by atoms with Crippen LogP contribution in [0.3, 0.4) is 0 Å². The molecule has 0 radical (unpaired) electrons. The highest BCUT2D eigenvalue weighted by atomic mass is 32.2. The normalized spacial score (nSPS) is 27.0. The summed E-state index contributed by atoms with van der Waals surface area (Å²) in [4.78, 5) is 41.2. The number of benzene rings is 3. The van der Waals surface area contributed by atoms with Gasteiger partial charge in [-0.3, -0.25) is 24.6 Å². The van der Waals surface area contributed by atoms with Crippen molar-refractivity contribution in [3.05, 3.63) is 105 Å². The Bertz CT molecular complexity index is 1380. The molecule has 6 rings (SSSR count). The number of Topliss-reactive ketones (excluding diaryl/α,β-unsaturated/α-hetero) is 1. The standard InChI is InChI=1S/C26H20FN3O4S/c27-17-9-10-20-19(12-17)26(25(32)28-20)23(24(31)15-5-2-1-3-6-15)22(21-13-35-14-29(21)26)16-7-4-8-18(11-16)30(33)34/h1-12,21-23H,13-14H2,(H,28,32)/t21-,22-,23+,26+/m1/s1. The molecule has 1 spiro atoms. The maximum Gasteiger partial charge on any atom is 0.269 e. The minimum absolute atomic E-state index is 0.0751. The molecule has 7 nitrogen and oxygen atoms in total. The second kappa shape index (κ2) is 8.00. The number of nitrogens with one attached hydrogen (secondary N) is 1. The Morgan fingerprint density at radius 3 is 2.69 bits per heavy atom. The highest BCUT2D eigenvalue weighted by Gasteiger charge is 2.69. The lowest BCUT2D eigenvalue weighted by Crippen LogP contribution is -2.52. The summed E-state index contributed by atoms with van der Waals surface area (Å²) < 4.78 is 14.6. The van der Waals surface area contributed by atoms with Gasteiger partial charge in [0.1, 0.15) is 11.4 Å². The number of nitrogens with zero attached hydrogens (tertiary/aromatic N) is 2. The zero-order chi connectivity index (χ0) is 24.3. The smallest absolute Gasteiger partial charge is 0.269 e. The maximum absolute atomic E-state index is 14.6. The average molecular weight is 490 g/mol. The lowest BCUT2D eigenvalue weighted by molar-refractivity contribution is -0.384. The average Bonchev–Trinajstić information content (AvgIpc) is 3.52. The Morgan fingerprint density at radius 1 is 1.11 bits per heavy atom. The van der Waals surface area contributed by atoms with Crippen LogP contribution in [0.4, 0.5) is 15.8 Å². The third-order valence-electron chi connectivity index (χ3n) is 7.39. The quantitative estimate of drug-likeness (QED) is 0.328. The first kappa shape index (κ1) is 21.9. The van der Waals surface area contributed by atoms with E-state index in [9.17, 15) is 24.1 Å². The number of carbonyl (C=O) groups is 2. The first-order valence-corrected chi connectivity index (χ1v) is 12.4. The number of hydrogen-bond acceptors (Lipinski definition) is 6. The van der Waals surface area contributed by atoms with Crippen LogP contribution in [0.5, 0.6) is 0 Å². The Balaban J connectivity index is 1.63. The predicted octanol–water partition coefficient (Wildman–Crippen LogP) is 4.55. The third kappa shape index (κ3) is 3.08. The predicted molar refractivity (Wildman–Crippen MR) is 130 cm³/mol. The molecule has 0 aliphatic carbocycles. The summed E-state index contributed by atoms with van der Waals surface area (Å²) in [5, 5.41) is 14.4. The van der Waals surface area contributed by atoms with Crippen LogP contribution in [0.2, 0.25) is 0 Å². The van der Waals surface area contributed by atoms with Crippen LogP contribution >= 0.6 is 11.8 Å². The molecule has 3 aromatic carbocycles. The fourth-order valence-corrected chi connectivity index (χ4v) is 7.37. The molecule has 0 aromatic heterocycles. The van der Waals surface area contributed by atoms with Crippen LogP contribution < -0.4 is 5.32 Å². The van der Waals surface area contributed by atoms with Crippen LogP contribution in [0, 0.1) is 21.8 Å². The van der Waals surface area contributed by atoms with E-state index in [2.05, 4.69) is 5.32 Å². The molecule has 0 unspecified atom stereocenters. The summed E-state index contributed by atoms with van der Waals surface area (Å²) in [5.74, 6) is -1.38. The number of hydrogen-bond donors (Lipinski definition) is 1. The summed E-state index contributed by atoms with van der Waals surface area (Å²) in [5.41, 5.74) is 0.497. The minimum atomic E-state index is -1.42. The number of fused-ring (bicyclic) bond motifs is 4. The summed E-state index contributed by atoms with van der Waals surface area (Å²) in [7, 11) is 0. The number of non-ortho nitro benzene ring substituents is 1. The Hall–Kier alpha value is -3.56. The van der Waals surface area contributed by atoms with Crippen molar-refractivity contribution in [2.75, 3.05) is 16.9 Å². The van der Waals surface area contributed by atoms with E-state index in [-0.39, 0.29) is 23.4 Å². The van der Waals surface area contributed by atoms with E-state index in [4.69, 9.17) is 0 Å². The molecule has 3 aromatic rings. The van der Waals surface area contributed by atoms with Crippen molar-refractivity contribution in [3.8, 4) is 0 Å². The van der Waals surface area contributed by atoms with Crippen molar-refractivity contribution < 1.29 is 18.9 Å². The lowest BCUT2D eigenvalue weighted by Gasteiger charge is -2.36. The highest BCUT2D eigenvalue weighted by molar-refractivity contribution is 7.99. The molecular weight excluding hydrogens is 469 g/mol. The van der Waals surface area contributed by atoms with E-state index in [1.165, 1.54) is 30.3 Å². The van der Waals surface area contributed by atoms with Crippen LogP contribution in [0.15, 0.2) is 72.8 Å². The molecule has 4 atom stereocenters. The molecule has 2 fully saturated rings. The van der Waals surface area contributed by atoms with Crippen molar-refractivity contribution in [2.45, 2.75) is 17.5 Å². The van der Waals surface area contributed by atoms with E-state index >= 15 is 0 Å². The molecule has 0 bridgehead atoms. The number of nitro groups is 1. The van der Waals surface area contributed by atoms with Crippen molar-refractivity contribution in [2.24, 2.45) is 5.92 Å². The van der Waals surface area contributed by atoms with Gasteiger partial charge in [0, 0.05) is 52.5 Å². The van der Waals surface area contributed by atoms with Crippen molar-refractivity contribution >= 4 is 34.8 Å². The first-order valence-electron chi connectivity index (χ1n) is 11.2. The van der Waals surface area contributed by atoms with Gasteiger partial charge in [-0.15, -0.1) is 11.8 Å². The van der Waals surface area contributed by atoms with E-state index in [0.717, 1.165) is 0 Å². The second-order valence-corrected chi connectivity index (χ2v) is 10.0. The molecular formula is C26H20FN3O4S. The molecule has 9 heteroatoms. The first-order chi connectivity index (χ1) is 16.9. The number of amides is 1. The molecule has 1 N–H and O–H groups in total. The Morgan fingerprint density at radius 2 is 1.91 bits per heavy atom. The van der Waals surface area contributed by atoms with Gasteiger partial charge in [-0.1, -0.05) is 42.5 Å². The van der Waals surface area contributed by atoms with Gasteiger partial charge < -0.3 is 5.32 Å². The van der Waals surface area contributed by atoms with Crippen LogP contribution in [0.1, 0.15) is 27.4 Å². The van der Waals surface area contributed by atoms with Gasteiger partial charge in [0.15, 0.2) is 5.78 Å². The molecule has 1 amide bonds. The maximum atomic E-state index is 14.6. The van der Waals surface area contributed by atoms with Gasteiger partial charge in [0.2, 0.25) is 5.91 Å². The van der Waals surface area contributed by atoms with Gasteiger partial charge in [-0.05, 0) is 23.8 Å². The van der Waals surface area contributed by atoms with Gasteiger partial charge in [-0.25, -0.2) is 4.39 Å². The summed E-state index contributed by atoms with van der Waals surface area (Å²) in [6, 6.07) is 19.0. The van der Waals surface area contributed by atoms with E-state index in [0.29, 0.717) is 34.0 Å². The minimum Gasteiger partial charge on any atom is -0.324 e. The van der Waals surface area contributed by atoms with Gasteiger partial charge in [0.25, 0.3) is 5.69 Å². The fraction of sp³-hybridized carbons (Fsp3) is 0.231. The largest absolute Gasteiger partial charge is 0.324 e. The zero-order valence-corrected chi connectivity index (χ0v) is 19.2. The fourth-order valence-electron chi connectivity index (χ4n) is 6.05. The number of thioether (sulfide) groups is 1. The lowest BCUT2D eigenvalue weighted by atomic mass is 9.69. The summed E-state index contributed by atoms with van der Waals surface area (Å²) >= 11 is 1.63. The second-order valence-electron chi connectivity index (χ2n) is 9.03. The molecule has 0 saturated carbocycles. The molecule has 3 aliphatic heterocycles. The Labute approximate surface area is 204 Å².